The van der Waals surface area contributed by atoms with E-state index in [1.165, 1.54) is 6.42 Å². The largest absolute Gasteiger partial charge is 0.394 e. The second-order valence-electron chi connectivity index (χ2n) is 5.78. The van der Waals surface area contributed by atoms with Gasteiger partial charge in [-0.15, -0.1) is 0 Å². The fraction of sp³-hybridized carbons (Fsp3) is 0.769. The molecule has 5 nitrogen and oxygen atoms in total. The summed E-state index contributed by atoms with van der Waals surface area (Å²) in [5.41, 5.74) is 5.87. The zero-order valence-electron chi connectivity index (χ0n) is 10.8. The fourth-order valence-electron chi connectivity index (χ4n) is 3.32. The molecular formula is C13H22N4O. The van der Waals surface area contributed by atoms with Gasteiger partial charge in [0.2, 0.25) is 0 Å². The van der Waals surface area contributed by atoms with Crippen LogP contribution in [0.25, 0.3) is 0 Å². The standard InChI is InChI=1S/C13H22N4O/c14-13(10-18)3-1-2-11(8-13)17-7-6-16-5-4-15-12(16)9-17/h4-5,11,18H,1-3,6-10,14H2. The number of aromatic nitrogens is 2. The van der Waals surface area contributed by atoms with Crippen molar-refractivity contribution in [1.82, 2.24) is 14.5 Å². The number of nitrogens with two attached hydrogens (primary N) is 1. The molecule has 18 heavy (non-hydrogen) atoms. The van der Waals surface area contributed by atoms with E-state index in [-0.39, 0.29) is 12.1 Å². The molecule has 1 fully saturated rings. The summed E-state index contributed by atoms with van der Waals surface area (Å²) >= 11 is 0. The molecule has 1 aliphatic heterocycles. The minimum Gasteiger partial charge on any atom is -0.394 e. The van der Waals surface area contributed by atoms with Crippen LogP contribution in [-0.2, 0) is 13.1 Å². The second-order valence-corrected chi connectivity index (χ2v) is 5.78. The molecule has 0 bridgehead atoms. The number of hydrogen-bond donors (Lipinski definition) is 2. The molecule has 3 rings (SSSR count). The number of aliphatic hydroxyl groups is 1. The van der Waals surface area contributed by atoms with Gasteiger partial charge < -0.3 is 15.4 Å². The number of rotatable bonds is 2. The Hall–Kier alpha value is -0.910. The summed E-state index contributed by atoms with van der Waals surface area (Å²) in [6, 6.07) is 0.501. The maximum atomic E-state index is 9.43. The molecule has 2 aliphatic rings. The Morgan fingerprint density at radius 3 is 3.22 bits per heavy atom. The Labute approximate surface area is 108 Å². The van der Waals surface area contributed by atoms with Gasteiger partial charge in [-0.25, -0.2) is 4.98 Å². The number of nitrogens with zero attached hydrogens (tertiary/aromatic N) is 3. The van der Waals surface area contributed by atoms with E-state index in [0.717, 1.165) is 44.7 Å². The molecule has 2 unspecified atom stereocenters. The average Bonchev–Trinajstić information content (AvgIpc) is 2.86. The molecule has 5 heteroatoms. The molecule has 1 saturated carbocycles. The molecule has 0 amide bonds. The molecule has 3 N–H and O–H groups in total. The van der Waals surface area contributed by atoms with Crippen LogP contribution in [0.2, 0.25) is 0 Å². The summed E-state index contributed by atoms with van der Waals surface area (Å²) in [7, 11) is 0. The Bertz CT molecular complexity index is 419. The zero-order chi connectivity index (χ0) is 12.6. The number of aliphatic hydroxyl groups excluding tert-OH is 1. The SMILES string of the molecule is NC1(CO)CCCC(N2CCn3ccnc3C2)C1. The minimum absolute atomic E-state index is 0.103. The lowest BCUT2D eigenvalue weighted by Crippen LogP contribution is -2.54. The van der Waals surface area contributed by atoms with Gasteiger partial charge in [0.25, 0.3) is 0 Å². The molecule has 1 aromatic rings. The predicted molar refractivity (Wildman–Crippen MR) is 68.9 cm³/mol. The highest BCUT2D eigenvalue weighted by atomic mass is 16.3. The van der Waals surface area contributed by atoms with Crippen molar-refractivity contribution in [2.75, 3.05) is 13.2 Å². The van der Waals surface area contributed by atoms with Gasteiger partial charge in [-0.3, -0.25) is 4.90 Å². The first-order valence-corrected chi connectivity index (χ1v) is 6.84. The molecule has 1 aromatic heterocycles. The van der Waals surface area contributed by atoms with E-state index in [9.17, 15) is 5.11 Å². The van der Waals surface area contributed by atoms with E-state index in [0.29, 0.717) is 6.04 Å². The first-order valence-electron chi connectivity index (χ1n) is 6.84. The third-order valence-corrected chi connectivity index (χ3v) is 4.46. The van der Waals surface area contributed by atoms with Crippen molar-refractivity contribution >= 4 is 0 Å². The van der Waals surface area contributed by atoms with E-state index in [1.807, 2.05) is 6.20 Å². The Morgan fingerprint density at radius 1 is 1.50 bits per heavy atom. The topological polar surface area (TPSA) is 67.3 Å². The van der Waals surface area contributed by atoms with Crippen molar-refractivity contribution in [3.63, 3.8) is 0 Å². The Balaban J connectivity index is 1.69. The van der Waals surface area contributed by atoms with Crippen LogP contribution >= 0.6 is 0 Å². The van der Waals surface area contributed by atoms with Crippen molar-refractivity contribution in [2.45, 2.75) is 50.4 Å². The number of hydrogen-bond acceptors (Lipinski definition) is 4. The summed E-state index contributed by atoms with van der Waals surface area (Å²) < 4.78 is 2.22. The highest BCUT2D eigenvalue weighted by Gasteiger charge is 2.35. The predicted octanol–water partition coefficient (Wildman–Crippen LogP) is 0.331. The van der Waals surface area contributed by atoms with Gasteiger partial charge >= 0.3 is 0 Å². The third-order valence-electron chi connectivity index (χ3n) is 4.46. The number of fused-ring (bicyclic) bond motifs is 1. The molecule has 0 aromatic carbocycles. The van der Waals surface area contributed by atoms with E-state index in [4.69, 9.17) is 5.73 Å². The van der Waals surface area contributed by atoms with Crippen molar-refractivity contribution in [1.29, 1.82) is 0 Å². The number of imidazole rings is 1. The van der Waals surface area contributed by atoms with Gasteiger partial charge in [0, 0.05) is 37.1 Å². The van der Waals surface area contributed by atoms with Gasteiger partial charge in [0.05, 0.1) is 13.2 Å². The third kappa shape index (κ3) is 2.18. The minimum atomic E-state index is -0.365. The average molecular weight is 250 g/mol. The highest BCUT2D eigenvalue weighted by Crippen LogP contribution is 2.30. The smallest absolute Gasteiger partial charge is 0.122 e. The van der Waals surface area contributed by atoms with Gasteiger partial charge in [-0.05, 0) is 25.7 Å². The maximum absolute atomic E-state index is 9.43. The summed E-state index contributed by atoms with van der Waals surface area (Å²) in [5, 5.41) is 9.43. The Morgan fingerprint density at radius 2 is 2.39 bits per heavy atom. The van der Waals surface area contributed by atoms with E-state index >= 15 is 0 Å². The van der Waals surface area contributed by atoms with Gasteiger partial charge in [-0.2, -0.15) is 0 Å². The van der Waals surface area contributed by atoms with Crippen LogP contribution in [-0.4, -0.2) is 44.3 Å². The summed E-state index contributed by atoms with van der Waals surface area (Å²) in [4.78, 5) is 6.88. The second kappa shape index (κ2) is 4.64. The maximum Gasteiger partial charge on any atom is 0.122 e. The van der Waals surface area contributed by atoms with Crippen LogP contribution < -0.4 is 5.73 Å². The van der Waals surface area contributed by atoms with Crippen molar-refractivity contribution in [3.05, 3.63) is 18.2 Å². The molecule has 2 atom stereocenters. The lowest BCUT2D eigenvalue weighted by atomic mass is 9.79. The summed E-state index contributed by atoms with van der Waals surface area (Å²) in [6.07, 6.45) is 8.09. The summed E-state index contributed by atoms with van der Waals surface area (Å²) in [6.45, 7) is 3.10. The van der Waals surface area contributed by atoms with Crippen molar-refractivity contribution in [3.8, 4) is 0 Å². The highest BCUT2D eigenvalue weighted by molar-refractivity contribution is 4.99. The normalized spacial score (nSPS) is 33.3. The van der Waals surface area contributed by atoms with E-state index in [1.54, 1.807) is 0 Å². The molecule has 0 radical (unpaired) electrons. The lowest BCUT2D eigenvalue weighted by Gasteiger charge is -2.43. The van der Waals surface area contributed by atoms with Crippen LogP contribution in [0.4, 0.5) is 0 Å². The quantitative estimate of drug-likeness (QED) is 0.794. The van der Waals surface area contributed by atoms with Gasteiger partial charge in [0.15, 0.2) is 0 Å². The fourth-order valence-corrected chi connectivity index (χ4v) is 3.32. The van der Waals surface area contributed by atoms with Crippen LogP contribution in [0.1, 0.15) is 31.5 Å². The van der Waals surface area contributed by atoms with Crippen LogP contribution in [0, 0.1) is 0 Å². The van der Waals surface area contributed by atoms with E-state index in [2.05, 4.69) is 20.6 Å². The van der Waals surface area contributed by atoms with Crippen LogP contribution in [0.3, 0.4) is 0 Å². The van der Waals surface area contributed by atoms with Crippen LogP contribution in [0.15, 0.2) is 12.4 Å². The van der Waals surface area contributed by atoms with E-state index < -0.39 is 0 Å². The monoisotopic (exact) mass is 250 g/mol. The molecular weight excluding hydrogens is 228 g/mol. The van der Waals surface area contributed by atoms with Crippen LogP contribution in [0.5, 0.6) is 0 Å². The Kier molecular flexibility index (Phi) is 3.13. The molecule has 0 spiro atoms. The molecule has 100 valence electrons. The van der Waals surface area contributed by atoms with Gasteiger partial charge in [0.1, 0.15) is 5.82 Å². The van der Waals surface area contributed by atoms with Crippen molar-refractivity contribution < 1.29 is 5.11 Å². The molecule has 1 aliphatic carbocycles. The molecule has 2 heterocycles. The molecule has 0 saturated heterocycles. The van der Waals surface area contributed by atoms with Gasteiger partial charge in [-0.1, -0.05) is 0 Å². The lowest BCUT2D eigenvalue weighted by molar-refractivity contribution is 0.0645. The van der Waals surface area contributed by atoms with Crippen molar-refractivity contribution in [2.24, 2.45) is 5.73 Å². The first kappa shape index (κ1) is 12.1. The first-order chi connectivity index (χ1) is 8.70. The zero-order valence-corrected chi connectivity index (χ0v) is 10.8. The summed E-state index contributed by atoms with van der Waals surface area (Å²) in [5.74, 6) is 1.15.